The number of tetrazole rings is 1. The first-order valence-corrected chi connectivity index (χ1v) is 12.7. The van der Waals surface area contributed by atoms with Crippen LogP contribution in [0.5, 0.6) is 11.5 Å². The molecule has 2 heterocycles. The van der Waals surface area contributed by atoms with Crippen LogP contribution in [0.2, 0.25) is 0 Å². The average molecular weight is 493 g/mol. The highest BCUT2D eigenvalue weighted by Gasteiger charge is 2.34. The zero-order chi connectivity index (χ0) is 24.3. The van der Waals surface area contributed by atoms with E-state index in [4.69, 9.17) is 9.47 Å². The summed E-state index contributed by atoms with van der Waals surface area (Å²) in [5, 5.41) is 17.3. The molecular weight excluding hydrogens is 469 g/mol. The zero-order valence-electron chi connectivity index (χ0n) is 18.6. The van der Waals surface area contributed by atoms with Gasteiger partial charge in [0.05, 0.1) is 6.04 Å². The molecule has 4 N–H and O–H groups in total. The number of benzene rings is 3. The van der Waals surface area contributed by atoms with Crippen molar-refractivity contribution in [1.29, 1.82) is 0 Å². The molecule has 11 heteroatoms. The maximum absolute atomic E-state index is 12.5. The summed E-state index contributed by atoms with van der Waals surface area (Å²) in [7, 11) is -4.57. The number of aromatic amines is 1. The van der Waals surface area contributed by atoms with Crippen LogP contribution in [0.1, 0.15) is 23.0 Å². The summed E-state index contributed by atoms with van der Waals surface area (Å²) in [5.74, 6) is 0.166. The second-order valence-corrected chi connectivity index (χ2v) is 10.0. The van der Waals surface area contributed by atoms with Crippen molar-refractivity contribution in [3.05, 3.63) is 89.7 Å². The highest BCUT2D eigenvalue weighted by Crippen LogP contribution is 2.45. The minimum absolute atomic E-state index is 0.0259. The number of para-hydroxylation sites is 1. The molecule has 1 unspecified atom stereocenters. The van der Waals surface area contributed by atoms with E-state index in [1.165, 1.54) is 0 Å². The topological polar surface area (TPSA) is 142 Å². The number of fused-ring (bicyclic) bond motifs is 1. The molecular formula is C24H24N5O5P. The summed E-state index contributed by atoms with van der Waals surface area (Å²) < 4.78 is 23.4. The minimum atomic E-state index is -4.57. The molecule has 2 atom stereocenters. The third-order valence-corrected chi connectivity index (χ3v) is 7.01. The highest BCUT2D eigenvalue weighted by molar-refractivity contribution is 7.52. The fourth-order valence-electron chi connectivity index (χ4n) is 4.11. The summed E-state index contributed by atoms with van der Waals surface area (Å²) >= 11 is 0. The summed E-state index contributed by atoms with van der Waals surface area (Å²) in [5.41, 5.74) is 3.77. The standard InChI is InChI=1S/C24H24N5O5P/c30-35(31,32)22(14-19-7-4-8-21-23(19)34-15-33-21)25-20(24-26-28-29-27-24)13-16-9-11-18(12-10-16)17-5-2-1-3-6-17/h1-12,20,22,25H,13-15H2,(H2,30,31,32)(H,26,27,28,29)/t20-,22?/m1/s1. The number of hydrogen-bond donors (Lipinski definition) is 4. The summed E-state index contributed by atoms with van der Waals surface area (Å²) in [6.07, 6.45) is 0.426. The smallest absolute Gasteiger partial charge is 0.342 e. The van der Waals surface area contributed by atoms with E-state index in [-0.39, 0.29) is 13.2 Å². The molecule has 0 radical (unpaired) electrons. The fraction of sp³-hybridized carbons (Fsp3) is 0.208. The monoisotopic (exact) mass is 493 g/mol. The van der Waals surface area contributed by atoms with Crippen LogP contribution in [-0.4, -0.2) is 43.0 Å². The van der Waals surface area contributed by atoms with Crippen LogP contribution >= 0.6 is 7.60 Å². The van der Waals surface area contributed by atoms with Gasteiger partial charge in [0.2, 0.25) is 6.79 Å². The van der Waals surface area contributed by atoms with Crippen molar-refractivity contribution in [2.24, 2.45) is 0 Å². The number of aromatic nitrogens is 4. The lowest BCUT2D eigenvalue weighted by atomic mass is 10.00. The van der Waals surface area contributed by atoms with Gasteiger partial charge in [-0.2, -0.15) is 5.21 Å². The minimum Gasteiger partial charge on any atom is -0.454 e. The quantitative estimate of drug-likeness (QED) is 0.259. The molecule has 1 aliphatic rings. The Hall–Kier alpha value is -3.56. The molecule has 0 bridgehead atoms. The van der Waals surface area contributed by atoms with Gasteiger partial charge in [-0.1, -0.05) is 71.9 Å². The average Bonchev–Trinajstić information content (AvgIpc) is 3.56. The normalized spacial score (nSPS) is 14.6. The lowest BCUT2D eigenvalue weighted by Crippen LogP contribution is -2.36. The second kappa shape index (κ2) is 9.97. The first kappa shape index (κ1) is 23.2. The van der Waals surface area contributed by atoms with Crippen molar-refractivity contribution in [2.45, 2.75) is 24.7 Å². The molecule has 4 aromatic rings. The van der Waals surface area contributed by atoms with Gasteiger partial charge in [-0.15, -0.1) is 10.2 Å². The second-order valence-electron chi connectivity index (χ2n) is 8.22. The molecule has 1 aliphatic heterocycles. The van der Waals surface area contributed by atoms with Crippen LogP contribution in [0.4, 0.5) is 0 Å². The van der Waals surface area contributed by atoms with Gasteiger partial charge >= 0.3 is 7.60 Å². The summed E-state index contributed by atoms with van der Waals surface area (Å²) in [4.78, 5) is 20.3. The van der Waals surface area contributed by atoms with Crippen molar-refractivity contribution in [3.8, 4) is 22.6 Å². The van der Waals surface area contributed by atoms with Crippen LogP contribution in [0.25, 0.3) is 11.1 Å². The van der Waals surface area contributed by atoms with E-state index >= 15 is 0 Å². The lowest BCUT2D eigenvalue weighted by molar-refractivity contribution is 0.173. The van der Waals surface area contributed by atoms with Crippen molar-refractivity contribution in [2.75, 3.05) is 6.79 Å². The number of hydrogen-bond acceptors (Lipinski definition) is 7. The predicted molar refractivity (Wildman–Crippen MR) is 128 cm³/mol. The molecule has 35 heavy (non-hydrogen) atoms. The van der Waals surface area contributed by atoms with Gasteiger partial charge in [0.15, 0.2) is 17.3 Å². The first-order chi connectivity index (χ1) is 17.0. The van der Waals surface area contributed by atoms with E-state index < -0.39 is 19.4 Å². The lowest BCUT2D eigenvalue weighted by Gasteiger charge is -2.25. The Balaban J connectivity index is 1.38. The van der Waals surface area contributed by atoms with Crippen LogP contribution in [0.3, 0.4) is 0 Å². The van der Waals surface area contributed by atoms with Crippen LogP contribution in [0, 0.1) is 0 Å². The highest BCUT2D eigenvalue weighted by atomic mass is 31.2. The van der Waals surface area contributed by atoms with Gasteiger partial charge in [-0.25, -0.2) is 0 Å². The third kappa shape index (κ3) is 5.41. The molecule has 0 amide bonds. The van der Waals surface area contributed by atoms with Crippen molar-refractivity contribution < 1.29 is 23.8 Å². The molecule has 0 spiro atoms. The van der Waals surface area contributed by atoms with Crippen molar-refractivity contribution in [3.63, 3.8) is 0 Å². The predicted octanol–water partition coefficient (Wildman–Crippen LogP) is 3.22. The number of H-pyrrole nitrogens is 1. The number of ether oxygens (including phenoxy) is 2. The van der Waals surface area contributed by atoms with Gasteiger partial charge in [-0.3, -0.25) is 9.88 Å². The molecule has 5 rings (SSSR count). The summed E-state index contributed by atoms with van der Waals surface area (Å²) in [6, 6.07) is 22.7. The molecule has 0 aliphatic carbocycles. The Morgan fingerprint density at radius 1 is 0.943 bits per heavy atom. The van der Waals surface area contributed by atoms with Crippen molar-refractivity contribution >= 4 is 7.60 Å². The fourth-order valence-corrected chi connectivity index (χ4v) is 4.92. The van der Waals surface area contributed by atoms with E-state index in [0.717, 1.165) is 16.7 Å². The largest absolute Gasteiger partial charge is 0.454 e. The van der Waals surface area contributed by atoms with Gasteiger partial charge in [0.1, 0.15) is 5.78 Å². The maximum atomic E-state index is 12.5. The Labute approximate surface area is 201 Å². The number of rotatable bonds is 9. The molecule has 1 aromatic heterocycles. The molecule has 3 aromatic carbocycles. The van der Waals surface area contributed by atoms with E-state index in [1.54, 1.807) is 18.2 Å². The molecule has 0 fully saturated rings. The Morgan fingerprint density at radius 3 is 2.43 bits per heavy atom. The van der Waals surface area contributed by atoms with Gasteiger partial charge in [0, 0.05) is 12.0 Å². The van der Waals surface area contributed by atoms with E-state index in [9.17, 15) is 14.4 Å². The van der Waals surface area contributed by atoms with E-state index in [1.807, 2.05) is 54.6 Å². The van der Waals surface area contributed by atoms with Gasteiger partial charge in [0.25, 0.3) is 0 Å². The van der Waals surface area contributed by atoms with Crippen molar-refractivity contribution in [1.82, 2.24) is 25.9 Å². The Bertz CT molecular complexity index is 1310. The number of nitrogens with one attached hydrogen (secondary N) is 2. The van der Waals surface area contributed by atoms with Crippen LogP contribution < -0.4 is 14.8 Å². The first-order valence-electron chi connectivity index (χ1n) is 11.0. The number of nitrogens with zero attached hydrogens (tertiary/aromatic N) is 3. The molecule has 10 nitrogen and oxygen atoms in total. The van der Waals surface area contributed by atoms with E-state index in [2.05, 4.69) is 25.9 Å². The van der Waals surface area contributed by atoms with Gasteiger partial charge < -0.3 is 19.3 Å². The zero-order valence-corrected chi connectivity index (χ0v) is 19.5. The molecule has 0 saturated carbocycles. The Morgan fingerprint density at radius 2 is 1.71 bits per heavy atom. The third-order valence-electron chi connectivity index (χ3n) is 5.87. The summed E-state index contributed by atoms with van der Waals surface area (Å²) in [6.45, 7) is 0.0742. The molecule has 180 valence electrons. The van der Waals surface area contributed by atoms with Crippen LogP contribution in [-0.2, 0) is 17.4 Å². The maximum Gasteiger partial charge on any atom is 0.342 e. The SMILES string of the molecule is O=P(O)(O)C(Cc1cccc2c1OCO2)N[C@H](Cc1ccc(-c2ccccc2)cc1)c1nn[nH]n1. The molecule has 0 saturated heterocycles. The van der Waals surface area contributed by atoms with Crippen LogP contribution in [0.15, 0.2) is 72.8 Å². The Kier molecular flexibility index (Phi) is 6.61. The van der Waals surface area contributed by atoms with Gasteiger partial charge in [-0.05, 0) is 29.2 Å². The van der Waals surface area contributed by atoms with E-state index in [0.29, 0.717) is 29.3 Å².